The first kappa shape index (κ1) is 13.9. The summed E-state index contributed by atoms with van der Waals surface area (Å²) in [5, 5.41) is 11.0. The molecular weight excluding hydrogens is 286 g/mol. The Hall–Kier alpha value is -2.10. The fourth-order valence-corrected chi connectivity index (χ4v) is 2.45. The molecule has 3 rings (SSSR count). The zero-order chi connectivity index (χ0) is 14.7. The van der Waals surface area contributed by atoms with Gasteiger partial charge in [-0.2, -0.15) is 0 Å². The van der Waals surface area contributed by atoms with E-state index in [0.717, 1.165) is 16.5 Å². The van der Waals surface area contributed by atoms with Crippen molar-refractivity contribution in [1.29, 1.82) is 0 Å². The Morgan fingerprint density at radius 3 is 2.76 bits per heavy atom. The van der Waals surface area contributed by atoms with Gasteiger partial charge in [-0.1, -0.05) is 35.9 Å². The summed E-state index contributed by atoms with van der Waals surface area (Å²) in [7, 11) is 0. The largest absolute Gasteiger partial charge is 0.488 e. The van der Waals surface area contributed by atoms with Crippen LogP contribution in [0.25, 0.3) is 10.9 Å². The van der Waals surface area contributed by atoms with Crippen LogP contribution in [0.15, 0.2) is 54.7 Å². The van der Waals surface area contributed by atoms with Gasteiger partial charge in [-0.05, 0) is 24.3 Å². The molecule has 0 amide bonds. The van der Waals surface area contributed by atoms with Gasteiger partial charge >= 0.3 is 0 Å². The maximum atomic E-state index is 9.36. The van der Waals surface area contributed by atoms with Gasteiger partial charge in [0.1, 0.15) is 12.4 Å². The van der Waals surface area contributed by atoms with E-state index in [1.807, 2.05) is 30.3 Å². The molecule has 0 spiro atoms. The molecule has 1 aromatic heterocycles. The molecule has 0 aliphatic carbocycles. The summed E-state index contributed by atoms with van der Waals surface area (Å²) in [4.78, 5) is 4.40. The number of aliphatic hydroxyl groups excluding tert-OH is 1. The topological polar surface area (TPSA) is 42.4 Å². The lowest BCUT2D eigenvalue weighted by atomic mass is 10.1. The summed E-state index contributed by atoms with van der Waals surface area (Å²) in [6, 6.07) is 15.2. The van der Waals surface area contributed by atoms with Gasteiger partial charge in [0.05, 0.1) is 12.1 Å². The highest BCUT2D eigenvalue weighted by Crippen LogP contribution is 2.25. The van der Waals surface area contributed by atoms with Crippen molar-refractivity contribution in [3.63, 3.8) is 0 Å². The molecule has 1 heterocycles. The number of aromatic nitrogens is 1. The highest BCUT2D eigenvalue weighted by Gasteiger charge is 2.06. The van der Waals surface area contributed by atoms with Crippen molar-refractivity contribution in [3.05, 3.63) is 70.9 Å². The fourth-order valence-electron chi connectivity index (χ4n) is 2.25. The minimum Gasteiger partial charge on any atom is -0.488 e. The number of rotatable bonds is 4. The zero-order valence-corrected chi connectivity index (χ0v) is 12.0. The van der Waals surface area contributed by atoms with E-state index in [4.69, 9.17) is 16.3 Å². The highest BCUT2D eigenvalue weighted by atomic mass is 35.5. The van der Waals surface area contributed by atoms with Crippen molar-refractivity contribution < 1.29 is 9.84 Å². The average Bonchev–Trinajstić information content (AvgIpc) is 2.53. The first-order chi connectivity index (χ1) is 10.3. The Kier molecular flexibility index (Phi) is 4.04. The van der Waals surface area contributed by atoms with Gasteiger partial charge in [-0.25, -0.2) is 0 Å². The molecule has 0 fully saturated rings. The van der Waals surface area contributed by atoms with Crippen LogP contribution in [0.3, 0.4) is 0 Å². The standard InChI is InChI=1S/C17H14ClNO2/c18-15-6-7-16(14(9-15)10-20)21-11-13-4-1-3-12-5-2-8-19-17(12)13/h1-9,20H,10-11H2. The molecule has 0 aliphatic rings. The van der Waals surface area contributed by atoms with E-state index in [1.54, 1.807) is 24.4 Å². The predicted octanol–water partition coefficient (Wildman–Crippen LogP) is 3.96. The second-order valence-electron chi connectivity index (χ2n) is 4.69. The highest BCUT2D eigenvalue weighted by molar-refractivity contribution is 6.30. The van der Waals surface area contributed by atoms with Crippen LogP contribution in [0.1, 0.15) is 11.1 Å². The van der Waals surface area contributed by atoms with Gasteiger partial charge in [0.25, 0.3) is 0 Å². The molecule has 0 unspecified atom stereocenters. The summed E-state index contributed by atoms with van der Waals surface area (Å²) in [6.45, 7) is 0.284. The minimum absolute atomic E-state index is 0.107. The monoisotopic (exact) mass is 299 g/mol. The van der Waals surface area contributed by atoms with Crippen molar-refractivity contribution in [2.45, 2.75) is 13.2 Å². The molecule has 0 atom stereocenters. The Bertz CT molecular complexity index is 768. The van der Waals surface area contributed by atoms with Crippen LogP contribution >= 0.6 is 11.6 Å². The summed E-state index contributed by atoms with van der Waals surface area (Å²) < 4.78 is 5.82. The molecule has 21 heavy (non-hydrogen) atoms. The van der Waals surface area contributed by atoms with Gasteiger partial charge in [0, 0.05) is 27.7 Å². The number of aliphatic hydroxyl groups is 1. The van der Waals surface area contributed by atoms with Gasteiger partial charge < -0.3 is 9.84 Å². The fraction of sp³-hybridized carbons (Fsp3) is 0.118. The third-order valence-corrected chi connectivity index (χ3v) is 3.53. The smallest absolute Gasteiger partial charge is 0.125 e. The second kappa shape index (κ2) is 6.12. The molecular formula is C17H14ClNO2. The van der Waals surface area contributed by atoms with E-state index < -0.39 is 0 Å². The van der Waals surface area contributed by atoms with E-state index >= 15 is 0 Å². The van der Waals surface area contributed by atoms with E-state index in [-0.39, 0.29) is 6.61 Å². The van der Waals surface area contributed by atoms with Crippen LogP contribution in [0.2, 0.25) is 5.02 Å². The van der Waals surface area contributed by atoms with Crippen LogP contribution in [0.4, 0.5) is 0 Å². The van der Waals surface area contributed by atoms with Crippen molar-refractivity contribution in [1.82, 2.24) is 4.98 Å². The van der Waals surface area contributed by atoms with Crippen molar-refractivity contribution in [2.75, 3.05) is 0 Å². The minimum atomic E-state index is -0.107. The summed E-state index contributed by atoms with van der Waals surface area (Å²) in [5.74, 6) is 0.634. The predicted molar refractivity (Wildman–Crippen MR) is 83.4 cm³/mol. The maximum absolute atomic E-state index is 9.36. The molecule has 2 aromatic carbocycles. The van der Waals surface area contributed by atoms with Gasteiger partial charge in [-0.3, -0.25) is 4.98 Å². The molecule has 0 saturated carbocycles. The third kappa shape index (κ3) is 2.99. The quantitative estimate of drug-likeness (QED) is 0.793. The van der Waals surface area contributed by atoms with Crippen LogP contribution in [0, 0.1) is 0 Å². The van der Waals surface area contributed by atoms with Crippen LogP contribution < -0.4 is 4.74 Å². The van der Waals surface area contributed by atoms with Gasteiger partial charge in [0.15, 0.2) is 0 Å². The third-order valence-electron chi connectivity index (χ3n) is 3.29. The number of halogens is 1. The van der Waals surface area contributed by atoms with E-state index in [9.17, 15) is 5.11 Å². The normalized spacial score (nSPS) is 10.8. The van der Waals surface area contributed by atoms with Crippen molar-refractivity contribution >= 4 is 22.5 Å². The van der Waals surface area contributed by atoms with Gasteiger partial charge in [-0.15, -0.1) is 0 Å². The molecule has 0 bridgehead atoms. The lowest BCUT2D eigenvalue weighted by Crippen LogP contribution is -2.00. The molecule has 3 nitrogen and oxygen atoms in total. The Morgan fingerprint density at radius 2 is 1.90 bits per heavy atom. The number of nitrogens with zero attached hydrogens (tertiary/aromatic N) is 1. The summed E-state index contributed by atoms with van der Waals surface area (Å²) >= 11 is 5.91. The average molecular weight is 300 g/mol. The Morgan fingerprint density at radius 1 is 1.05 bits per heavy atom. The number of ether oxygens (including phenoxy) is 1. The number of pyridine rings is 1. The molecule has 0 saturated heterocycles. The van der Waals surface area contributed by atoms with E-state index in [2.05, 4.69) is 4.98 Å². The summed E-state index contributed by atoms with van der Waals surface area (Å²) in [5.41, 5.74) is 2.61. The van der Waals surface area contributed by atoms with Crippen molar-refractivity contribution in [2.24, 2.45) is 0 Å². The van der Waals surface area contributed by atoms with Crippen LogP contribution in [0.5, 0.6) is 5.75 Å². The SMILES string of the molecule is OCc1cc(Cl)ccc1OCc1cccc2cccnc12. The number of fused-ring (bicyclic) bond motifs is 1. The molecule has 1 N–H and O–H groups in total. The molecule has 4 heteroatoms. The van der Waals surface area contributed by atoms with E-state index in [0.29, 0.717) is 22.9 Å². The van der Waals surface area contributed by atoms with Crippen LogP contribution in [-0.2, 0) is 13.2 Å². The number of hydrogen-bond donors (Lipinski definition) is 1. The molecule has 106 valence electrons. The lowest BCUT2D eigenvalue weighted by molar-refractivity contribution is 0.259. The molecule has 0 aliphatic heterocycles. The first-order valence-electron chi connectivity index (χ1n) is 6.62. The Balaban J connectivity index is 1.87. The van der Waals surface area contributed by atoms with E-state index in [1.165, 1.54) is 0 Å². The summed E-state index contributed by atoms with van der Waals surface area (Å²) in [6.07, 6.45) is 1.77. The van der Waals surface area contributed by atoms with Gasteiger partial charge in [0.2, 0.25) is 0 Å². The molecule has 0 radical (unpaired) electrons. The number of benzene rings is 2. The second-order valence-corrected chi connectivity index (χ2v) is 5.13. The van der Waals surface area contributed by atoms with Crippen molar-refractivity contribution in [3.8, 4) is 5.75 Å². The maximum Gasteiger partial charge on any atom is 0.125 e. The molecule has 3 aromatic rings. The number of para-hydroxylation sites is 1. The lowest BCUT2D eigenvalue weighted by Gasteiger charge is -2.11. The number of hydrogen-bond acceptors (Lipinski definition) is 3. The Labute approximate surface area is 127 Å². The zero-order valence-electron chi connectivity index (χ0n) is 11.3. The first-order valence-corrected chi connectivity index (χ1v) is 7.00. The van der Waals surface area contributed by atoms with Crippen LogP contribution in [-0.4, -0.2) is 10.1 Å².